The van der Waals surface area contributed by atoms with E-state index in [1.165, 1.54) is 24.3 Å². The van der Waals surface area contributed by atoms with Crippen LogP contribution in [-0.4, -0.2) is 90.5 Å². The minimum Gasteiger partial charge on any atom is -0.744 e. The third kappa shape index (κ3) is 8.28. The Morgan fingerprint density at radius 1 is 0.920 bits per heavy atom. The average Bonchev–Trinajstić information content (AvgIpc) is 3.34. The number of benzene rings is 2. The molecule has 13 heteroatoms. The first-order valence-corrected chi connectivity index (χ1v) is 19.3. The number of carbonyl (C=O) groups is 1. The molecule has 3 aliphatic rings. The van der Waals surface area contributed by atoms with E-state index in [1.807, 2.05) is 39.3 Å². The van der Waals surface area contributed by atoms with E-state index in [9.17, 15) is 30.7 Å². The monoisotopic (exact) mass is 731 g/mol. The van der Waals surface area contributed by atoms with Crippen molar-refractivity contribution in [3.63, 3.8) is 0 Å². The Balaban J connectivity index is 0.00000562. The van der Waals surface area contributed by atoms with Crippen molar-refractivity contribution < 1.29 is 40.4 Å². The third-order valence-electron chi connectivity index (χ3n) is 9.94. The maximum atomic E-state index is 12.0. The van der Waals surface area contributed by atoms with E-state index in [0.717, 1.165) is 77.2 Å². The number of fused-ring (bicyclic) bond motifs is 2. The molecule has 1 radical (unpaired) electrons. The molecule has 0 fully saturated rings. The Bertz CT molecular complexity index is 2070. The fourth-order valence-electron chi connectivity index (χ4n) is 7.26. The van der Waals surface area contributed by atoms with Gasteiger partial charge in [0.05, 0.1) is 15.2 Å². The second kappa shape index (κ2) is 15.0. The zero-order valence-electron chi connectivity index (χ0n) is 29.6. The Hall–Kier alpha value is -2.84. The molecule has 0 saturated carbocycles. The minimum absolute atomic E-state index is 0. The molecule has 2 aromatic rings. The summed E-state index contributed by atoms with van der Waals surface area (Å²) < 4.78 is 70.8. The fourth-order valence-corrected chi connectivity index (χ4v) is 8.27. The van der Waals surface area contributed by atoms with E-state index in [1.54, 1.807) is 12.1 Å². The molecule has 0 unspecified atom stereocenters. The van der Waals surface area contributed by atoms with Crippen molar-refractivity contribution in [2.75, 3.05) is 18.5 Å². The van der Waals surface area contributed by atoms with Crippen LogP contribution < -0.4 is 4.90 Å². The van der Waals surface area contributed by atoms with Crippen LogP contribution in [0.1, 0.15) is 83.8 Å². The molecule has 2 heterocycles. The molecule has 5 rings (SSSR count). The number of hydrogen-bond acceptors (Lipinski definition) is 7. The van der Waals surface area contributed by atoms with E-state index < -0.39 is 37.0 Å². The van der Waals surface area contributed by atoms with E-state index in [0.29, 0.717) is 13.0 Å². The molecule has 10 nitrogen and oxygen atoms in total. The second-order valence-electron chi connectivity index (χ2n) is 14.0. The van der Waals surface area contributed by atoms with Crippen molar-refractivity contribution in [1.82, 2.24) is 0 Å². The van der Waals surface area contributed by atoms with Crippen LogP contribution in [-0.2, 0) is 35.9 Å². The van der Waals surface area contributed by atoms with Crippen LogP contribution in [0.15, 0.2) is 93.4 Å². The van der Waals surface area contributed by atoms with Crippen molar-refractivity contribution >= 4 is 72.8 Å². The molecule has 2 aromatic carbocycles. The maximum absolute atomic E-state index is 12.0. The standard InChI is InChI=1S/C37H44N2O8S2.Na/c1-36(2)29-23-27(48(42,43)44)15-17-31(29)38(5)33(36)19-13-25-10-9-11-26(22-25)14-20-34-37(3,4)30-24-28(49(45,46)47)16-18-32(30)39(34)21-8-6-7-12-35(40)41;/h13-20,22-24H,6-12,21H2,1-5H3,(H2-,40,41,42,43,44,45,46,47);. The number of carboxylic acids is 1. The molecule has 0 aromatic heterocycles. The smallest absolute Gasteiger partial charge is 0.303 e. The number of unbranched alkanes of at least 4 members (excludes halogenated alkanes) is 2. The fraction of sp³-hybridized carbons (Fsp3) is 0.405. The number of allylic oxidation sites excluding steroid dienone is 8. The summed E-state index contributed by atoms with van der Waals surface area (Å²) in [5.41, 5.74) is 6.47. The molecular formula is C37H44N2NaO8S2. The second-order valence-corrected chi connectivity index (χ2v) is 16.8. The molecule has 0 amide bonds. The number of nitrogens with zero attached hydrogens (tertiary/aromatic N) is 2. The van der Waals surface area contributed by atoms with Gasteiger partial charge in [-0.2, -0.15) is 13.0 Å². The van der Waals surface area contributed by atoms with Gasteiger partial charge in [-0.15, -0.1) is 0 Å². The van der Waals surface area contributed by atoms with Gasteiger partial charge in [-0.1, -0.05) is 38.5 Å². The van der Waals surface area contributed by atoms with Gasteiger partial charge in [-0.3, -0.25) is 9.35 Å². The molecule has 1 aliphatic carbocycles. The van der Waals surface area contributed by atoms with E-state index in [2.05, 4.69) is 35.3 Å². The topological polar surface area (TPSA) is 155 Å². The molecule has 263 valence electrons. The van der Waals surface area contributed by atoms with Gasteiger partial charge in [-0.05, 0) is 99.1 Å². The van der Waals surface area contributed by atoms with Crippen LogP contribution in [0.4, 0.5) is 11.4 Å². The molecule has 0 spiro atoms. The predicted molar refractivity (Wildman–Crippen MR) is 194 cm³/mol. The van der Waals surface area contributed by atoms with Crippen molar-refractivity contribution in [2.24, 2.45) is 0 Å². The molecule has 2 N–H and O–H groups in total. The van der Waals surface area contributed by atoms with Gasteiger partial charge in [0.1, 0.15) is 17.2 Å². The van der Waals surface area contributed by atoms with Crippen molar-refractivity contribution in [3.05, 3.63) is 94.7 Å². The predicted octanol–water partition coefficient (Wildman–Crippen LogP) is 6.38. The van der Waals surface area contributed by atoms with Gasteiger partial charge in [0.15, 0.2) is 5.71 Å². The Morgan fingerprint density at radius 2 is 1.60 bits per heavy atom. The quantitative estimate of drug-likeness (QED) is 0.116. The zero-order chi connectivity index (χ0) is 35.9. The van der Waals surface area contributed by atoms with Crippen LogP contribution in [0.2, 0.25) is 0 Å². The summed E-state index contributed by atoms with van der Waals surface area (Å²) in [5, 5.41) is 9.03. The SMILES string of the molecule is C[N+]1=C(C=CC2=CC(=CC=C3N(CCCCCC(=O)O)c4ccc(S(=O)(=O)O)cc4C3(C)C)CCC2)C(C)(C)c2cc(S(=O)(=O)[O-])ccc21.[Na]. The maximum Gasteiger partial charge on any atom is 0.303 e. The first kappa shape index (κ1) is 39.9. The Labute approximate surface area is 317 Å². The molecular weight excluding hydrogens is 688 g/mol. The van der Waals surface area contributed by atoms with Crippen molar-refractivity contribution in [2.45, 2.75) is 93.3 Å². The van der Waals surface area contributed by atoms with Crippen molar-refractivity contribution in [3.8, 4) is 0 Å². The summed E-state index contributed by atoms with van der Waals surface area (Å²) in [5.74, 6) is -0.818. The Morgan fingerprint density at radius 3 is 2.26 bits per heavy atom. The molecule has 0 atom stereocenters. The van der Waals surface area contributed by atoms with Crippen LogP contribution in [0.3, 0.4) is 0 Å². The van der Waals surface area contributed by atoms with Gasteiger partial charge < -0.3 is 14.6 Å². The van der Waals surface area contributed by atoms with Crippen LogP contribution in [0.5, 0.6) is 0 Å². The number of hydrogen-bond donors (Lipinski definition) is 2. The van der Waals surface area contributed by atoms with Gasteiger partial charge in [0, 0.05) is 77.0 Å². The van der Waals surface area contributed by atoms with Gasteiger partial charge >= 0.3 is 5.97 Å². The van der Waals surface area contributed by atoms with Crippen molar-refractivity contribution in [1.29, 1.82) is 0 Å². The summed E-state index contributed by atoms with van der Waals surface area (Å²) in [6.07, 6.45) is 15.5. The first-order valence-electron chi connectivity index (χ1n) is 16.4. The zero-order valence-corrected chi connectivity index (χ0v) is 33.2. The summed E-state index contributed by atoms with van der Waals surface area (Å²) in [6.45, 7) is 8.72. The minimum atomic E-state index is -4.57. The molecule has 0 bridgehead atoms. The summed E-state index contributed by atoms with van der Waals surface area (Å²) in [4.78, 5) is 12.8. The van der Waals surface area contributed by atoms with Gasteiger partial charge in [-0.25, -0.2) is 8.42 Å². The van der Waals surface area contributed by atoms with E-state index >= 15 is 0 Å². The number of rotatable bonds is 11. The van der Waals surface area contributed by atoms with E-state index in [4.69, 9.17) is 5.11 Å². The third-order valence-corrected chi connectivity index (χ3v) is 11.6. The largest absolute Gasteiger partial charge is 0.744 e. The van der Waals surface area contributed by atoms with Crippen LogP contribution >= 0.6 is 0 Å². The van der Waals surface area contributed by atoms with Gasteiger partial charge in [0.25, 0.3) is 10.1 Å². The number of aliphatic carboxylic acids is 1. The summed E-state index contributed by atoms with van der Waals surface area (Å²) in [7, 11) is -7.02. The molecule has 0 saturated heterocycles. The Kier molecular flexibility index (Phi) is 12.0. The summed E-state index contributed by atoms with van der Waals surface area (Å²) in [6, 6.07) is 9.20. The van der Waals surface area contributed by atoms with Crippen LogP contribution in [0.25, 0.3) is 0 Å². The van der Waals surface area contributed by atoms with E-state index in [-0.39, 0.29) is 45.8 Å². The number of carboxylic acid groups (broad SMARTS) is 1. The number of anilines is 1. The van der Waals surface area contributed by atoms with Gasteiger partial charge in [0.2, 0.25) is 5.69 Å². The molecule has 2 aliphatic heterocycles. The summed E-state index contributed by atoms with van der Waals surface area (Å²) >= 11 is 0. The molecule has 50 heavy (non-hydrogen) atoms. The van der Waals surface area contributed by atoms with Crippen LogP contribution in [0, 0.1) is 0 Å². The average molecular weight is 732 g/mol. The normalized spacial score (nSPS) is 19.9. The first-order chi connectivity index (χ1) is 22.8.